The molecule has 18 bridgehead atoms. The van der Waals surface area contributed by atoms with Crippen LogP contribution in [-0.4, -0.2) is 37.7 Å². The van der Waals surface area contributed by atoms with Crippen LogP contribution in [0.25, 0.3) is 129 Å². The maximum absolute atomic E-state index is 13.8. The third kappa shape index (κ3) is 19.6. The molecule has 516 valence electrons. The van der Waals surface area contributed by atoms with E-state index < -0.39 is 17.9 Å². The Bertz CT molecular complexity index is 4870. The van der Waals surface area contributed by atoms with Crippen LogP contribution in [0.15, 0.2) is 200 Å². The summed E-state index contributed by atoms with van der Waals surface area (Å²) in [5.74, 6) is -1.21. The number of hydrogen-bond donors (Lipinski definition) is 0. The van der Waals surface area contributed by atoms with Gasteiger partial charge in [-0.2, -0.15) is 0 Å². The molecule has 0 radical (unpaired) electrons. The molecule has 0 aliphatic carbocycles. The molecule has 105 heavy (non-hydrogen) atoms. The monoisotopic (exact) mass is 1370 g/mol. The lowest BCUT2D eigenvalue weighted by molar-refractivity contribution is 0.0488. The van der Waals surface area contributed by atoms with Crippen molar-refractivity contribution in [3.63, 3.8) is 0 Å². The van der Waals surface area contributed by atoms with Crippen LogP contribution in [0.5, 0.6) is 0 Å². The van der Waals surface area contributed by atoms with Crippen LogP contribution >= 0.6 is 0 Å². The van der Waals surface area contributed by atoms with E-state index in [0.29, 0.717) is 68.8 Å². The van der Waals surface area contributed by atoms with Crippen LogP contribution in [0.4, 0.5) is 0 Å². The van der Waals surface area contributed by atoms with Crippen LogP contribution in [0, 0.1) is 72.8 Å². The first-order valence-electron chi connectivity index (χ1n) is 37.6. The summed E-state index contributed by atoms with van der Waals surface area (Å²) in [6, 6.07) is 107. The lowest BCUT2D eigenvalue weighted by atomic mass is 10.0. The standard InChI is InChI=1S/C99H84O6/c1-4-7-10-13-16-19-46-103-97(100)94-58-76-28-22-70-34-40-82-64-84-42-36-72(54-90(84)67-88(82)52-70)24-30-78-50-80(62-95(60-78)98(101)104-47-20-17-14-11-8-5-2)32-26-74-38-44-86-66-87-45-39-75(57-93(87)69-92(86)56-74)27-33-81-51-79(61-96(63-81)99(102)105-48-21-18-15-12-9-6-3)31-25-73-37-43-85-65-83-41-35-71(23-29-77(49-76)59-94)53-89(83)68-91(85)55-73/h34-45,49-69H,4-21,46-48H2,1-3H3. The molecule has 6 nitrogen and oxygen atoms in total. The molecule has 0 amide bonds. The number of carbonyl (C=O) groups is 3. The number of fused-ring (bicyclic) bond motifs is 12. The normalized spacial score (nSPS) is 10.9. The van der Waals surface area contributed by atoms with Gasteiger partial charge in [-0.3, -0.25) is 0 Å². The molecule has 0 aromatic heterocycles. The van der Waals surface area contributed by atoms with Crippen molar-refractivity contribution in [2.45, 2.75) is 136 Å². The largest absolute Gasteiger partial charge is 0.462 e. The first-order valence-corrected chi connectivity index (χ1v) is 37.6. The quantitative estimate of drug-likeness (QED) is 0.0260. The summed E-state index contributed by atoms with van der Waals surface area (Å²) in [6.45, 7) is 7.65. The van der Waals surface area contributed by atoms with Crippen molar-refractivity contribution < 1.29 is 28.6 Å². The van der Waals surface area contributed by atoms with E-state index in [-0.39, 0.29) is 0 Å². The number of hydrogen-bond acceptors (Lipinski definition) is 6. The van der Waals surface area contributed by atoms with Gasteiger partial charge in [-0.1, -0.05) is 226 Å². The smallest absolute Gasteiger partial charge is 0.338 e. The molecule has 0 saturated heterocycles. The molecule has 0 heterocycles. The van der Waals surface area contributed by atoms with E-state index in [1.54, 1.807) is 36.4 Å². The minimum Gasteiger partial charge on any atom is -0.462 e. The minimum absolute atomic E-state index is 0.344. The van der Waals surface area contributed by atoms with Gasteiger partial charge in [0.05, 0.1) is 36.5 Å². The summed E-state index contributed by atoms with van der Waals surface area (Å²) in [4.78, 5) is 41.5. The van der Waals surface area contributed by atoms with Crippen molar-refractivity contribution in [2.24, 2.45) is 0 Å². The Morgan fingerprint density at radius 3 is 0.590 bits per heavy atom. The number of carbonyl (C=O) groups excluding carboxylic acids is 3. The number of ether oxygens (including phenoxy) is 3. The van der Waals surface area contributed by atoms with E-state index in [9.17, 15) is 14.4 Å². The number of esters is 3. The van der Waals surface area contributed by atoms with Gasteiger partial charge in [0.2, 0.25) is 0 Å². The van der Waals surface area contributed by atoms with Gasteiger partial charge in [0.15, 0.2) is 0 Å². The summed E-state index contributed by atoms with van der Waals surface area (Å²) >= 11 is 0. The van der Waals surface area contributed by atoms with E-state index in [0.717, 1.165) is 155 Å². The fraction of sp³-hybridized carbons (Fsp3) is 0.242. The summed E-state index contributed by atoms with van der Waals surface area (Å²) in [5.41, 5.74) is 1.19. The lowest BCUT2D eigenvalue weighted by Crippen LogP contribution is -2.06. The minimum atomic E-state index is -0.402. The highest BCUT2D eigenvalue weighted by molar-refractivity contribution is 6.04. The van der Waals surface area contributed by atoms with Gasteiger partial charge < -0.3 is 14.2 Å². The van der Waals surface area contributed by atoms with Gasteiger partial charge >= 0.3 is 17.9 Å². The second-order valence-corrected chi connectivity index (χ2v) is 27.5. The highest BCUT2D eigenvalue weighted by atomic mass is 16.5. The molecule has 0 fully saturated rings. The SMILES string of the molecule is CCCCCCCCOC(=O)c1cc2c#cc3ccc4cc5ccc(c#cc6cc(C(=O)OCCCCCCCC)cc(c#cc7ccc8cc9ccc(c#cc%10cc(C(=O)OCCCCCCCC)cc(c#cc%11ccc%12cc%13ccc(c#cc(c1)c2)cc%13cc%12c%11)c%10)cc9cc8c7)c6)cc5cc4c3. The van der Waals surface area contributed by atoms with Gasteiger partial charge in [0, 0.05) is 64.6 Å². The van der Waals surface area contributed by atoms with E-state index in [1.807, 2.05) is 54.6 Å². The van der Waals surface area contributed by atoms with Crippen molar-refractivity contribution >= 4 is 147 Å². The molecule has 13 rings (SSSR count). The van der Waals surface area contributed by atoms with E-state index in [1.165, 1.54) is 57.8 Å². The second kappa shape index (κ2) is 35.2. The summed E-state index contributed by atoms with van der Waals surface area (Å²) in [5, 5.41) is 21.3. The highest BCUT2D eigenvalue weighted by Gasteiger charge is 2.12. The first-order chi connectivity index (χ1) is 51.5. The molecule has 13 aromatic carbocycles. The van der Waals surface area contributed by atoms with Crippen LogP contribution < -0.4 is 0 Å². The first kappa shape index (κ1) is 71.4. The lowest BCUT2D eigenvalue weighted by Gasteiger charge is -2.05. The Kier molecular flexibility index (Phi) is 23.9. The molecule has 0 spiro atoms. The van der Waals surface area contributed by atoms with Crippen LogP contribution in [-0.2, 0) is 14.2 Å². The van der Waals surface area contributed by atoms with E-state index in [2.05, 4.69) is 203 Å². The average molecular weight is 1370 g/mol. The van der Waals surface area contributed by atoms with Crippen LogP contribution in [0.3, 0.4) is 0 Å². The topological polar surface area (TPSA) is 78.9 Å². The Balaban J connectivity index is 0.929. The second-order valence-electron chi connectivity index (χ2n) is 27.5. The summed E-state index contributed by atoms with van der Waals surface area (Å²) < 4.78 is 17.6. The molecule has 13 aromatic rings. The van der Waals surface area contributed by atoms with Gasteiger partial charge in [0.25, 0.3) is 0 Å². The van der Waals surface area contributed by atoms with Crippen molar-refractivity contribution in [1.82, 2.24) is 0 Å². The molecular formula is C99H84O6. The molecule has 0 aliphatic heterocycles. The molecule has 6 heteroatoms. The third-order valence-corrected chi connectivity index (χ3v) is 19.2. The van der Waals surface area contributed by atoms with Crippen molar-refractivity contribution in [3.05, 3.63) is 290 Å². The van der Waals surface area contributed by atoms with Gasteiger partial charge in [-0.15, -0.1) is 0 Å². The van der Waals surface area contributed by atoms with Crippen molar-refractivity contribution in [2.75, 3.05) is 19.8 Å². The van der Waals surface area contributed by atoms with Crippen LogP contribution in [0.2, 0.25) is 0 Å². The zero-order valence-electron chi connectivity index (χ0n) is 60.4. The third-order valence-electron chi connectivity index (χ3n) is 19.2. The number of benzene rings is 12. The van der Waals surface area contributed by atoms with E-state index >= 15 is 0 Å². The highest BCUT2D eigenvalue weighted by Crippen LogP contribution is 2.29. The predicted octanol–water partition coefficient (Wildman–Crippen LogP) is 25.7. The Labute approximate surface area is 617 Å². The molecular weight excluding hydrogens is 1290 g/mol. The molecule has 0 saturated carbocycles. The maximum atomic E-state index is 13.8. The zero-order chi connectivity index (χ0) is 72.1. The molecule has 0 atom stereocenters. The van der Waals surface area contributed by atoms with Crippen molar-refractivity contribution in [3.8, 4) is 0 Å². The average Bonchev–Trinajstić information content (AvgIpc) is 0.800. The Morgan fingerprint density at radius 2 is 0.381 bits per heavy atom. The Morgan fingerprint density at radius 1 is 0.200 bits per heavy atom. The number of unbranched alkanes of at least 4 members (excludes halogenated alkanes) is 15. The number of rotatable bonds is 24. The van der Waals surface area contributed by atoms with Crippen LogP contribution in [0.1, 0.15) is 167 Å². The molecule has 0 unspecified atom stereocenters. The predicted molar refractivity (Wildman–Crippen MR) is 433 cm³/mol. The molecule has 0 N–H and O–H groups in total. The van der Waals surface area contributed by atoms with Crippen molar-refractivity contribution in [1.29, 1.82) is 0 Å². The summed E-state index contributed by atoms with van der Waals surface area (Å²) in [6.07, 6.45) is 19.5. The van der Waals surface area contributed by atoms with Gasteiger partial charge in [-0.25, -0.2) is 14.4 Å². The zero-order valence-corrected chi connectivity index (χ0v) is 60.4. The fourth-order valence-corrected chi connectivity index (χ4v) is 13.4. The maximum Gasteiger partial charge on any atom is 0.338 e. The van der Waals surface area contributed by atoms with E-state index in [4.69, 9.17) is 14.2 Å². The summed E-state index contributed by atoms with van der Waals surface area (Å²) in [7, 11) is 0. The van der Waals surface area contributed by atoms with Gasteiger partial charge in [0.1, 0.15) is 0 Å². The fourth-order valence-electron chi connectivity index (χ4n) is 13.4. The molecule has 0 aliphatic rings. The Hall–Kier alpha value is -12.0. The van der Waals surface area contributed by atoms with Gasteiger partial charge in [-0.05, 0) is 248 Å².